The number of aromatic nitrogens is 2. The summed E-state index contributed by atoms with van der Waals surface area (Å²) >= 11 is 0. The van der Waals surface area contributed by atoms with Crippen LogP contribution in [0, 0.1) is 6.92 Å². The smallest absolute Gasteiger partial charge is 0.220 e. The van der Waals surface area contributed by atoms with E-state index in [2.05, 4.69) is 22.9 Å². The average molecular weight is 428 g/mol. The molecular weight excluding hydrogens is 398 g/mol. The number of rotatable bonds is 9. The van der Waals surface area contributed by atoms with Crippen LogP contribution in [-0.2, 0) is 17.8 Å². The summed E-state index contributed by atoms with van der Waals surface area (Å²) in [5.74, 6) is 1.71. The minimum atomic E-state index is -0.204. The topological polar surface area (TPSA) is 56.1 Å². The number of carbonyl (C=O) groups is 1. The minimum absolute atomic E-state index is 0.0239. The maximum Gasteiger partial charge on any atom is 0.220 e. The molecule has 1 aromatic heterocycles. The van der Waals surface area contributed by atoms with E-state index in [4.69, 9.17) is 9.72 Å². The van der Waals surface area contributed by atoms with Crippen LogP contribution in [0.3, 0.4) is 0 Å². The van der Waals surface area contributed by atoms with Crippen LogP contribution < -0.4 is 10.1 Å². The van der Waals surface area contributed by atoms with Crippen LogP contribution in [0.1, 0.15) is 36.3 Å². The van der Waals surface area contributed by atoms with Gasteiger partial charge in [0.25, 0.3) is 0 Å². The van der Waals surface area contributed by atoms with Crippen molar-refractivity contribution in [2.75, 3.05) is 6.61 Å². The molecule has 164 valence electrons. The Morgan fingerprint density at radius 1 is 1.00 bits per heavy atom. The molecule has 0 radical (unpaired) electrons. The van der Waals surface area contributed by atoms with Crippen molar-refractivity contribution in [1.29, 1.82) is 0 Å². The van der Waals surface area contributed by atoms with Crippen molar-refractivity contribution in [1.82, 2.24) is 14.9 Å². The van der Waals surface area contributed by atoms with Crippen LogP contribution in [-0.4, -0.2) is 22.1 Å². The first kappa shape index (κ1) is 21.6. The van der Waals surface area contributed by atoms with Crippen molar-refractivity contribution in [3.05, 3.63) is 95.8 Å². The van der Waals surface area contributed by atoms with E-state index < -0.39 is 0 Å². The third-order valence-electron chi connectivity index (χ3n) is 5.54. The quantitative estimate of drug-likeness (QED) is 0.398. The van der Waals surface area contributed by atoms with E-state index in [-0.39, 0.29) is 11.9 Å². The summed E-state index contributed by atoms with van der Waals surface area (Å²) in [6.07, 6.45) is 1.17. The highest BCUT2D eigenvalue weighted by Gasteiger charge is 2.18. The van der Waals surface area contributed by atoms with Crippen LogP contribution in [0.5, 0.6) is 5.75 Å². The number of hydrogen-bond acceptors (Lipinski definition) is 3. The normalized spacial score (nSPS) is 11.9. The Labute approximate surface area is 189 Å². The molecule has 0 bridgehead atoms. The second-order valence-electron chi connectivity index (χ2n) is 8.05. The number of fused-ring (bicyclic) bond motifs is 1. The number of amides is 1. The standard InChI is InChI=1S/C27H29N3O2/c1-20-12-15-23(16-13-20)32-19-18-30-25-11-7-6-10-24(25)29-27(30)21(2)28-26(31)17-14-22-8-4-3-5-9-22/h3-13,15-16,21H,14,17-19H2,1-2H3,(H,28,31). The molecule has 32 heavy (non-hydrogen) atoms. The lowest BCUT2D eigenvalue weighted by molar-refractivity contribution is -0.121. The molecule has 4 aromatic rings. The van der Waals surface area contributed by atoms with Gasteiger partial charge in [-0.1, -0.05) is 60.2 Å². The number of nitrogens with one attached hydrogen (secondary N) is 1. The molecule has 1 atom stereocenters. The summed E-state index contributed by atoms with van der Waals surface area (Å²) < 4.78 is 8.10. The molecule has 0 aliphatic rings. The van der Waals surface area contributed by atoms with Gasteiger partial charge in [-0.25, -0.2) is 4.98 Å². The largest absolute Gasteiger partial charge is 0.492 e. The molecule has 1 heterocycles. The molecule has 3 aromatic carbocycles. The Kier molecular flexibility index (Phi) is 6.85. The Morgan fingerprint density at radius 2 is 1.72 bits per heavy atom. The van der Waals surface area contributed by atoms with E-state index in [1.165, 1.54) is 5.56 Å². The number of carbonyl (C=O) groups excluding carboxylic acids is 1. The van der Waals surface area contributed by atoms with Crippen molar-refractivity contribution in [2.24, 2.45) is 0 Å². The van der Waals surface area contributed by atoms with Gasteiger partial charge in [-0.3, -0.25) is 4.79 Å². The summed E-state index contributed by atoms with van der Waals surface area (Å²) in [4.78, 5) is 17.4. The van der Waals surface area contributed by atoms with E-state index in [1.54, 1.807) is 0 Å². The first-order valence-electron chi connectivity index (χ1n) is 11.1. The zero-order valence-electron chi connectivity index (χ0n) is 18.6. The summed E-state index contributed by atoms with van der Waals surface area (Å²) in [5.41, 5.74) is 4.33. The second kappa shape index (κ2) is 10.1. The predicted octanol–water partition coefficient (Wildman–Crippen LogP) is 5.23. The lowest BCUT2D eigenvalue weighted by Crippen LogP contribution is -2.29. The Hall–Kier alpha value is -3.60. The first-order chi connectivity index (χ1) is 15.6. The number of aryl methyl sites for hydroxylation is 2. The summed E-state index contributed by atoms with van der Waals surface area (Å²) in [6, 6.07) is 26.0. The Morgan fingerprint density at radius 3 is 2.50 bits per heavy atom. The average Bonchev–Trinajstić information content (AvgIpc) is 3.18. The van der Waals surface area contributed by atoms with E-state index >= 15 is 0 Å². The molecule has 0 saturated carbocycles. The summed E-state index contributed by atoms with van der Waals surface area (Å²) in [5, 5.41) is 3.12. The maximum absolute atomic E-state index is 12.6. The minimum Gasteiger partial charge on any atom is -0.492 e. The van der Waals surface area contributed by atoms with Crippen LogP contribution in [0.15, 0.2) is 78.9 Å². The molecular formula is C27H29N3O2. The van der Waals surface area contributed by atoms with E-state index in [1.807, 2.05) is 79.7 Å². The van der Waals surface area contributed by atoms with Crippen LogP contribution in [0.4, 0.5) is 0 Å². The fourth-order valence-corrected chi connectivity index (χ4v) is 3.83. The fourth-order valence-electron chi connectivity index (χ4n) is 3.83. The van der Waals surface area contributed by atoms with Gasteiger partial charge < -0.3 is 14.6 Å². The van der Waals surface area contributed by atoms with Crippen molar-refractivity contribution >= 4 is 16.9 Å². The molecule has 1 N–H and O–H groups in total. The third-order valence-corrected chi connectivity index (χ3v) is 5.54. The maximum atomic E-state index is 12.6. The van der Waals surface area contributed by atoms with Gasteiger partial charge in [0.15, 0.2) is 0 Å². The molecule has 0 spiro atoms. The van der Waals surface area contributed by atoms with Gasteiger partial charge in [0, 0.05) is 6.42 Å². The Balaban J connectivity index is 1.43. The van der Waals surface area contributed by atoms with Gasteiger partial charge in [0.1, 0.15) is 18.2 Å². The number of benzene rings is 3. The van der Waals surface area contributed by atoms with E-state index in [9.17, 15) is 4.79 Å². The molecule has 5 nitrogen and oxygen atoms in total. The number of para-hydroxylation sites is 2. The lowest BCUT2D eigenvalue weighted by Gasteiger charge is -2.17. The lowest BCUT2D eigenvalue weighted by atomic mass is 10.1. The van der Waals surface area contributed by atoms with Gasteiger partial charge in [-0.2, -0.15) is 0 Å². The number of hydrogen-bond donors (Lipinski definition) is 1. The van der Waals surface area contributed by atoms with Gasteiger partial charge in [-0.15, -0.1) is 0 Å². The number of ether oxygens (including phenoxy) is 1. The molecule has 0 saturated heterocycles. The zero-order chi connectivity index (χ0) is 22.3. The monoisotopic (exact) mass is 427 g/mol. The highest BCUT2D eigenvalue weighted by atomic mass is 16.5. The van der Waals surface area contributed by atoms with Crippen molar-refractivity contribution < 1.29 is 9.53 Å². The van der Waals surface area contributed by atoms with Crippen molar-refractivity contribution in [2.45, 2.75) is 39.3 Å². The van der Waals surface area contributed by atoms with Gasteiger partial charge in [0.2, 0.25) is 5.91 Å². The summed E-state index contributed by atoms with van der Waals surface area (Å²) in [6.45, 7) is 5.21. The first-order valence-corrected chi connectivity index (χ1v) is 11.1. The molecule has 0 fully saturated rings. The van der Waals surface area contributed by atoms with Gasteiger partial charge in [-0.05, 0) is 50.1 Å². The van der Waals surface area contributed by atoms with Gasteiger partial charge in [0.05, 0.1) is 23.6 Å². The highest BCUT2D eigenvalue weighted by Crippen LogP contribution is 2.21. The van der Waals surface area contributed by atoms with Crippen LogP contribution in [0.25, 0.3) is 11.0 Å². The molecule has 0 aliphatic heterocycles. The van der Waals surface area contributed by atoms with Crippen LogP contribution in [0.2, 0.25) is 0 Å². The number of imidazole rings is 1. The SMILES string of the molecule is Cc1ccc(OCCn2c(C(C)NC(=O)CCc3ccccc3)nc3ccccc32)cc1. The second-order valence-corrected chi connectivity index (χ2v) is 8.05. The van der Waals surface area contributed by atoms with Crippen molar-refractivity contribution in [3.8, 4) is 5.75 Å². The zero-order valence-corrected chi connectivity index (χ0v) is 18.6. The van der Waals surface area contributed by atoms with Crippen molar-refractivity contribution in [3.63, 3.8) is 0 Å². The Bertz CT molecular complexity index is 1170. The molecule has 5 heteroatoms. The predicted molar refractivity (Wildman–Crippen MR) is 128 cm³/mol. The molecule has 4 rings (SSSR count). The van der Waals surface area contributed by atoms with Crippen LogP contribution >= 0.6 is 0 Å². The summed E-state index contributed by atoms with van der Waals surface area (Å²) in [7, 11) is 0. The highest BCUT2D eigenvalue weighted by molar-refractivity contribution is 5.78. The third kappa shape index (κ3) is 5.35. The number of nitrogens with zero attached hydrogens (tertiary/aromatic N) is 2. The molecule has 1 amide bonds. The van der Waals surface area contributed by atoms with E-state index in [0.29, 0.717) is 19.6 Å². The molecule has 1 unspecified atom stereocenters. The van der Waals surface area contributed by atoms with Gasteiger partial charge >= 0.3 is 0 Å². The fraction of sp³-hybridized carbons (Fsp3) is 0.259. The molecule has 0 aliphatic carbocycles. The van der Waals surface area contributed by atoms with E-state index in [0.717, 1.165) is 34.6 Å².